The van der Waals surface area contributed by atoms with Crippen molar-refractivity contribution >= 4 is 23.1 Å². The molecule has 104 valence electrons. The highest BCUT2D eigenvalue weighted by molar-refractivity contribution is 6.00. The first kappa shape index (κ1) is 15.0. The van der Waals surface area contributed by atoms with Crippen LogP contribution in [0.4, 0.5) is 11.4 Å². The number of nitrogen functional groups attached to an aromatic ring is 1. The highest BCUT2D eigenvalue weighted by Gasteiger charge is 2.12. The molecule has 0 unspecified atom stereocenters. The predicted molar refractivity (Wildman–Crippen MR) is 77.2 cm³/mol. The molecule has 0 saturated carbocycles. The predicted octanol–water partition coefficient (Wildman–Crippen LogP) is 1.56. The number of hydrogen-bond donors (Lipinski definition) is 2. The first-order valence-electron chi connectivity index (χ1n) is 6.39. The average Bonchev–Trinajstić information content (AvgIpc) is 2.34. The van der Waals surface area contributed by atoms with E-state index in [0.29, 0.717) is 11.3 Å². The number of carbonyl (C=O) groups excluding carboxylic acids is 2. The highest BCUT2D eigenvalue weighted by atomic mass is 16.1. The number of rotatable bonds is 7. The molecule has 1 aromatic rings. The lowest BCUT2D eigenvalue weighted by Crippen LogP contribution is -2.34. The quantitative estimate of drug-likeness (QED) is 0.577. The van der Waals surface area contributed by atoms with Crippen LogP contribution in [-0.2, 0) is 4.79 Å². The number of nitrogens with zero attached hydrogens (tertiary/aromatic N) is 1. The SMILES string of the molecule is CCCCN(CC(N)=O)c1ccc(N)c(C(C)=O)c1. The van der Waals surface area contributed by atoms with Crippen LogP contribution >= 0.6 is 0 Å². The van der Waals surface area contributed by atoms with Gasteiger partial charge in [-0.1, -0.05) is 13.3 Å². The normalized spacial score (nSPS) is 10.2. The molecule has 0 radical (unpaired) electrons. The Hall–Kier alpha value is -2.04. The molecule has 0 aromatic heterocycles. The minimum absolute atomic E-state index is 0.0890. The monoisotopic (exact) mass is 263 g/mol. The zero-order valence-electron chi connectivity index (χ0n) is 11.5. The zero-order chi connectivity index (χ0) is 14.4. The minimum atomic E-state index is -0.391. The Bertz CT molecular complexity index is 472. The van der Waals surface area contributed by atoms with E-state index in [0.717, 1.165) is 25.1 Å². The third-order valence-electron chi connectivity index (χ3n) is 2.91. The van der Waals surface area contributed by atoms with Gasteiger partial charge < -0.3 is 16.4 Å². The molecule has 0 spiro atoms. The van der Waals surface area contributed by atoms with Gasteiger partial charge in [-0.2, -0.15) is 0 Å². The lowest BCUT2D eigenvalue weighted by Gasteiger charge is -2.24. The second kappa shape index (κ2) is 6.78. The molecule has 0 bridgehead atoms. The van der Waals surface area contributed by atoms with Crippen molar-refractivity contribution in [3.63, 3.8) is 0 Å². The molecule has 1 aromatic carbocycles. The van der Waals surface area contributed by atoms with Gasteiger partial charge in [0.2, 0.25) is 5.91 Å². The summed E-state index contributed by atoms with van der Waals surface area (Å²) in [7, 11) is 0. The summed E-state index contributed by atoms with van der Waals surface area (Å²) in [4.78, 5) is 24.5. The lowest BCUT2D eigenvalue weighted by atomic mass is 10.1. The van der Waals surface area contributed by atoms with E-state index in [9.17, 15) is 9.59 Å². The van der Waals surface area contributed by atoms with Gasteiger partial charge in [0.15, 0.2) is 5.78 Å². The van der Waals surface area contributed by atoms with Gasteiger partial charge in [-0.25, -0.2) is 0 Å². The van der Waals surface area contributed by atoms with E-state index in [1.807, 2.05) is 4.90 Å². The molecular weight excluding hydrogens is 242 g/mol. The maximum Gasteiger partial charge on any atom is 0.236 e. The van der Waals surface area contributed by atoms with Crippen LogP contribution in [0.15, 0.2) is 18.2 Å². The molecular formula is C14H21N3O2. The number of Topliss-reactive ketones (excluding diaryl/α,β-unsaturated/α-hetero) is 1. The van der Waals surface area contributed by atoms with Crippen LogP contribution in [0, 0.1) is 0 Å². The van der Waals surface area contributed by atoms with Gasteiger partial charge in [-0.3, -0.25) is 9.59 Å². The maximum atomic E-state index is 11.5. The van der Waals surface area contributed by atoms with Crippen LogP contribution in [0.25, 0.3) is 0 Å². The molecule has 5 nitrogen and oxygen atoms in total. The number of nitrogens with two attached hydrogens (primary N) is 2. The Kier molecular flexibility index (Phi) is 5.36. The smallest absolute Gasteiger partial charge is 0.236 e. The van der Waals surface area contributed by atoms with Crippen molar-refractivity contribution in [2.75, 3.05) is 23.7 Å². The molecule has 0 saturated heterocycles. The molecule has 0 aliphatic heterocycles. The summed E-state index contributed by atoms with van der Waals surface area (Å²) < 4.78 is 0. The Morgan fingerprint density at radius 2 is 2.00 bits per heavy atom. The van der Waals surface area contributed by atoms with Crippen molar-refractivity contribution in [2.24, 2.45) is 5.73 Å². The van der Waals surface area contributed by atoms with Gasteiger partial charge in [0.1, 0.15) is 0 Å². The third-order valence-corrected chi connectivity index (χ3v) is 2.91. The third kappa shape index (κ3) is 4.28. The lowest BCUT2D eigenvalue weighted by molar-refractivity contribution is -0.116. The van der Waals surface area contributed by atoms with Crippen molar-refractivity contribution in [1.82, 2.24) is 0 Å². The Morgan fingerprint density at radius 1 is 1.32 bits per heavy atom. The second-order valence-corrected chi connectivity index (χ2v) is 4.57. The van der Waals surface area contributed by atoms with Crippen molar-refractivity contribution in [3.05, 3.63) is 23.8 Å². The van der Waals surface area contributed by atoms with E-state index in [-0.39, 0.29) is 12.3 Å². The number of benzene rings is 1. The van der Waals surface area contributed by atoms with Gasteiger partial charge in [-0.15, -0.1) is 0 Å². The van der Waals surface area contributed by atoms with Crippen LogP contribution in [0.1, 0.15) is 37.0 Å². The summed E-state index contributed by atoms with van der Waals surface area (Å²) >= 11 is 0. The van der Waals surface area contributed by atoms with E-state index in [2.05, 4.69) is 6.92 Å². The van der Waals surface area contributed by atoms with E-state index in [4.69, 9.17) is 11.5 Å². The summed E-state index contributed by atoms with van der Waals surface area (Å²) in [6.07, 6.45) is 1.97. The number of anilines is 2. The molecule has 1 amide bonds. The average molecular weight is 263 g/mol. The molecule has 5 heteroatoms. The first-order chi connectivity index (χ1) is 8.95. The molecule has 0 atom stereocenters. The van der Waals surface area contributed by atoms with Crippen LogP contribution in [0.5, 0.6) is 0 Å². The van der Waals surface area contributed by atoms with Crippen LogP contribution in [0.2, 0.25) is 0 Å². The van der Waals surface area contributed by atoms with Crippen LogP contribution in [-0.4, -0.2) is 24.8 Å². The van der Waals surface area contributed by atoms with E-state index < -0.39 is 5.91 Å². The molecule has 1 rings (SSSR count). The minimum Gasteiger partial charge on any atom is -0.398 e. The zero-order valence-corrected chi connectivity index (χ0v) is 11.5. The van der Waals surface area contributed by atoms with Gasteiger partial charge in [0, 0.05) is 23.5 Å². The van der Waals surface area contributed by atoms with Gasteiger partial charge in [-0.05, 0) is 31.5 Å². The molecule has 0 heterocycles. The standard InChI is InChI=1S/C14H21N3O2/c1-3-4-7-17(9-14(16)19)11-5-6-13(15)12(8-11)10(2)18/h5-6,8H,3-4,7,9,15H2,1-2H3,(H2,16,19). The number of primary amides is 1. The summed E-state index contributed by atoms with van der Waals surface area (Å²) in [6.45, 7) is 4.41. The van der Waals surface area contributed by atoms with Crippen LogP contribution < -0.4 is 16.4 Å². The summed E-state index contributed by atoms with van der Waals surface area (Å²) in [5.74, 6) is -0.480. The molecule has 0 fully saturated rings. The van der Waals surface area contributed by atoms with Crippen molar-refractivity contribution < 1.29 is 9.59 Å². The van der Waals surface area contributed by atoms with Crippen molar-refractivity contribution in [2.45, 2.75) is 26.7 Å². The number of hydrogen-bond acceptors (Lipinski definition) is 4. The number of carbonyl (C=O) groups is 2. The van der Waals surface area contributed by atoms with E-state index in [1.165, 1.54) is 6.92 Å². The van der Waals surface area contributed by atoms with Gasteiger partial charge in [0.25, 0.3) is 0 Å². The van der Waals surface area contributed by atoms with Crippen molar-refractivity contribution in [3.8, 4) is 0 Å². The molecule has 0 aliphatic rings. The summed E-state index contributed by atoms with van der Waals surface area (Å²) in [6, 6.07) is 5.21. The first-order valence-corrected chi connectivity index (χ1v) is 6.39. The number of amides is 1. The van der Waals surface area contributed by atoms with Crippen LogP contribution in [0.3, 0.4) is 0 Å². The molecule has 0 aliphatic carbocycles. The molecule has 19 heavy (non-hydrogen) atoms. The van der Waals surface area contributed by atoms with E-state index in [1.54, 1.807) is 18.2 Å². The van der Waals surface area contributed by atoms with Crippen molar-refractivity contribution in [1.29, 1.82) is 0 Å². The fourth-order valence-electron chi connectivity index (χ4n) is 1.88. The highest BCUT2D eigenvalue weighted by Crippen LogP contribution is 2.22. The topological polar surface area (TPSA) is 89.4 Å². The summed E-state index contributed by atoms with van der Waals surface area (Å²) in [5, 5.41) is 0. The van der Waals surface area contributed by atoms with Gasteiger partial charge >= 0.3 is 0 Å². The second-order valence-electron chi connectivity index (χ2n) is 4.57. The number of unbranched alkanes of at least 4 members (excludes halogenated alkanes) is 1. The largest absolute Gasteiger partial charge is 0.398 e. The fourth-order valence-corrected chi connectivity index (χ4v) is 1.88. The number of ketones is 1. The Labute approximate surface area is 113 Å². The molecule has 4 N–H and O–H groups in total. The summed E-state index contributed by atoms with van der Waals surface area (Å²) in [5.41, 5.74) is 12.7. The fraction of sp³-hybridized carbons (Fsp3) is 0.429. The van der Waals surface area contributed by atoms with Gasteiger partial charge in [0.05, 0.1) is 6.54 Å². The Balaban J connectivity index is 3.03. The maximum absolute atomic E-state index is 11.5. The Morgan fingerprint density at radius 3 is 2.53 bits per heavy atom. The van der Waals surface area contributed by atoms with E-state index >= 15 is 0 Å².